The van der Waals surface area contributed by atoms with Gasteiger partial charge in [-0.1, -0.05) is 11.6 Å². The number of carbonyl (C=O) groups is 1. The van der Waals surface area contributed by atoms with E-state index in [9.17, 15) is 4.79 Å². The first-order valence-electron chi connectivity index (χ1n) is 8.97. The second-order valence-electron chi connectivity index (χ2n) is 6.91. The summed E-state index contributed by atoms with van der Waals surface area (Å²) in [7, 11) is 1.63. The molecule has 2 fully saturated rings. The minimum absolute atomic E-state index is 0.103. The van der Waals surface area contributed by atoms with Crippen LogP contribution in [0, 0.1) is 5.92 Å². The summed E-state index contributed by atoms with van der Waals surface area (Å²) in [6.45, 7) is 2.61. The summed E-state index contributed by atoms with van der Waals surface area (Å²) in [4.78, 5) is 21.8. The van der Waals surface area contributed by atoms with Crippen molar-refractivity contribution < 1.29 is 9.53 Å². The maximum atomic E-state index is 13.0. The third-order valence-corrected chi connectivity index (χ3v) is 5.72. The molecule has 2 saturated heterocycles. The van der Waals surface area contributed by atoms with Crippen molar-refractivity contribution in [1.82, 2.24) is 9.88 Å². The van der Waals surface area contributed by atoms with Crippen molar-refractivity contribution in [2.75, 3.05) is 31.6 Å². The zero-order valence-electron chi connectivity index (χ0n) is 14.8. The van der Waals surface area contributed by atoms with E-state index in [1.807, 2.05) is 41.3 Å². The second kappa shape index (κ2) is 7.16. The first-order chi connectivity index (χ1) is 12.7. The molecule has 0 N–H and O–H groups in total. The number of hydrogen-bond acceptors (Lipinski definition) is 4. The molecule has 4 rings (SSSR count). The van der Waals surface area contributed by atoms with Crippen LogP contribution in [-0.2, 0) is 0 Å². The van der Waals surface area contributed by atoms with E-state index in [-0.39, 0.29) is 11.9 Å². The third kappa shape index (κ3) is 3.23. The Morgan fingerprint density at radius 1 is 1.15 bits per heavy atom. The first kappa shape index (κ1) is 17.2. The van der Waals surface area contributed by atoms with Crippen LogP contribution >= 0.6 is 11.6 Å². The molecule has 136 valence electrons. The normalized spacial score (nSPS) is 22.2. The average Bonchev–Trinajstić information content (AvgIpc) is 3.11. The number of halogens is 1. The molecule has 5 nitrogen and oxygen atoms in total. The zero-order valence-corrected chi connectivity index (χ0v) is 15.5. The number of ether oxygens (including phenoxy) is 1. The monoisotopic (exact) mass is 371 g/mol. The van der Waals surface area contributed by atoms with Crippen LogP contribution in [0.1, 0.15) is 23.2 Å². The smallest absolute Gasteiger partial charge is 0.254 e. The molecule has 0 radical (unpaired) electrons. The molecule has 2 aliphatic rings. The molecule has 1 amide bonds. The molecule has 6 heteroatoms. The number of pyridine rings is 1. The Kier molecular flexibility index (Phi) is 4.72. The number of anilines is 1. The summed E-state index contributed by atoms with van der Waals surface area (Å²) in [5.74, 6) is 2.36. The summed E-state index contributed by atoms with van der Waals surface area (Å²) < 4.78 is 5.18. The predicted molar refractivity (Wildman–Crippen MR) is 102 cm³/mol. The van der Waals surface area contributed by atoms with Crippen molar-refractivity contribution in [2.45, 2.75) is 18.9 Å². The maximum Gasteiger partial charge on any atom is 0.254 e. The highest BCUT2D eigenvalue weighted by atomic mass is 35.5. The molecular formula is C20H22ClN3O2. The van der Waals surface area contributed by atoms with Crippen molar-refractivity contribution in [3.63, 3.8) is 0 Å². The van der Waals surface area contributed by atoms with Gasteiger partial charge in [-0.25, -0.2) is 4.98 Å². The first-order valence-corrected chi connectivity index (χ1v) is 9.35. The standard InChI is InChI=1S/C20H22ClN3O2/c1-26-17-5-2-15(3-6-17)20(25)24-11-9-14-8-10-23(13-18(14)24)19-7-4-16(21)12-22-19/h2-7,12,14,18H,8-11,13H2,1H3. The van der Waals surface area contributed by atoms with Crippen LogP contribution in [0.4, 0.5) is 5.82 Å². The average molecular weight is 372 g/mol. The number of nitrogens with zero attached hydrogens (tertiary/aromatic N) is 3. The van der Waals surface area contributed by atoms with Gasteiger partial charge in [-0.3, -0.25) is 4.79 Å². The van der Waals surface area contributed by atoms with Gasteiger partial charge in [-0.15, -0.1) is 0 Å². The number of fused-ring (bicyclic) bond motifs is 1. The summed E-state index contributed by atoms with van der Waals surface area (Å²) in [5.41, 5.74) is 0.716. The van der Waals surface area contributed by atoms with Gasteiger partial charge in [0.1, 0.15) is 11.6 Å². The summed E-state index contributed by atoms with van der Waals surface area (Å²) >= 11 is 5.95. The van der Waals surface area contributed by atoms with E-state index in [1.165, 1.54) is 0 Å². The number of carbonyl (C=O) groups excluding carboxylic acids is 1. The number of hydrogen-bond donors (Lipinski definition) is 0. The molecule has 0 bridgehead atoms. The van der Waals surface area contributed by atoms with Crippen LogP contribution in [0.15, 0.2) is 42.6 Å². The van der Waals surface area contributed by atoms with E-state index in [2.05, 4.69) is 9.88 Å². The molecule has 0 saturated carbocycles. The summed E-state index contributed by atoms with van der Waals surface area (Å²) in [6.07, 6.45) is 3.84. The van der Waals surface area contributed by atoms with Gasteiger partial charge in [0.25, 0.3) is 5.91 Å². The topological polar surface area (TPSA) is 45.7 Å². The van der Waals surface area contributed by atoms with Gasteiger partial charge in [-0.2, -0.15) is 0 Å². The Balaban J connectivity index is 1.51. The van der Waals surface area contributed by atoms with Crippen molar-refractivity contribution in [3.05, 3.63) is 53.2 Å². The van der Waals surface area contributed by atoms with Gasteiger partial charge in [0, 0.05) is 31.4 Å². The van der Waals surface area contributed by atoms with Crippen LogP contribution in [-0.4, -0.2) is 48.6 Å². The van der Waals surface area contributed by atoms with Crippen LogP contribution in [0.2, 0.25) is 5.02 Å². The Morgan fingerprint density at radius 2 is 1.92 bits per heavy atom. The van der Waals surface area contributed by atoms with Crippen LogP contribution in [0.25, 0.3) is 0 Å². The van der Waals surface area contributed by atoms with Crippen molar-refractivity contribution >= 4 is 23.3 Å². The van der Waals surface area contributed by atoms with Gasteiger partial charge in [0.15, 0.2) is 0 Å². The Labute approximate surface area is 158 Å². The number of piperidine rings is 1. The number of amides is 1. The number of rotatable bonds is 3. The largest absolute Gasteiger partial charge is 0.497 e. The summed E-state index contributed by atoms with van der Waals surface area (Å²) in [5, 5.41) is 0.640. The van der Waals surface area contributed by atoms with Crippen molar-refractivity contribution in [3.8, 4) is 5.75 Å². The third-order valence-electron chi connectivity index (χ3n) is 5.50. The van der Waals surface area contributed by atoms with Gasteiger partial charge < -0.3 is 14.5 Å². The molecular weight excluding hydrogens is 350 g/mol. The molecule has 2 aliphatic heterocycles. The highest BCUT2D eigenvalue weighted by Gasteiger charge is 2.41. The molecule has 2 atom stereocenters. The lowest BCUT2D eigenvalue weighted by Crippen LogP contribution is -2.50. The summed E-state index contributed by atoms with van der Waals surface area (Å²) in [6, 6.07) is 11.4. The second-order valence-corrected chi connectivity index (χ2v) is 7.35. The molecule has 0 spiro atoms. The lowest BCUT2D eigenvalue weighted by molar-refractivity contribution is 0.0712. The fourth-order valence-electron chi connectivity index (χ4n) is 4.06. The Hall–Kier alpha value is -2.27. The Bertz CT molecular complexity index is 779. The predicted octanol–water partition coefficient (Wildman–Crippen LogP) is 3.48. The van der Waals surface area contributed by atoms with Crippen LogP contribution in [0.5, 0.6) is 5.75 Å². The lowest BCUT2D eigenvalue weighted by Gasteiger charge is -2.39. The number of aromatic nitrogens is 1. The van der Waals surface area contributed by atoms with Crippen molar-refractivity contribution in [1.29, 1.82) is 0 Å². The highest BCUT2D eigenvalue weighted by Crippen LogP contribution is 2.34. The SMILES string of the molecule is COc1ccc(C(=O)N2CCC3CCN(c4ccc(Cl)cn4)CC32)cc1. The molecule has 0 aliphatic carbocycles. The van der Waals surface area contributed by atoms with Gasteiger partial charge in [0.2, 0.25) is 0 Å². The van der Waals surface area contributed by atoms with Gasteiger partial charge in [0.05, 0.1) is 18.2 Å². The maximum absolute atomic E-state index is 13.0. The minimum Gasteiger partial charge on any atom is -0.497 e. The number of likely N-dealkylation sites (tertiary alicyclic amines) is 1. The van der Waals surface area contributed by atoms with Gasteiger partial charge >= 0.3 is 0 Å². The molecule has 1 aromatic heterocycles. The highest BCUT2D eigenvalue weighted by molar-refractivity contribution is 6.30. The van der Waals surface area contributed by atoms with Crippen LogP contribution < -0.4 is 9.64 Å². The molecule has 2 unspecified atom stereocenters. The minimum atomic E-state index is 0.103. The van der Waals surface area contributed by atoms with E-state index in [4.69, 9.17) is 16.3 Å². The fourth-order valence-corrected chi connectivity index (χ4v) is 4.17. The fraction of sp³-hybridized carbons (Fsp3) is 0.400. The number of benzene rings is 1. The van der Waals surface area contributed by atoms with E-state index in [0.29, 0.717) is 16.5 Å². The molecule has 1 aromatic carbocycles. The zero-order chi connectivity index (χ0) is 18.1. The van der Waals surface area contributed by atoms with Gasteiger partial charge in [-0.05, 0) is 55.2 Å². The molecule has 3 heterocycles. The number of methoxy groups -OCH3 is 1. The Morgan fingerprint density at radius 3 is 2.62 bits per heavy atom. The lowest BCUT2D eigenvalue weighted by atomic mass is 9.92. The van der Waals surface area contributed by atoms with Crippen LogP contribution in [0.3, 0.4) is 0 Å². The molecule has 2 aromatic rings. The van der Waals surface area contributed by atoms with Crippen molar-refractivity contribution in [2.24, 2.45) is 5.92 Å². The van der Waals surface area contributed by atoms with E-state index in [0.717, 1.165) is 44.0 Å². The molecule has 26 heavy (non-hydrogen) atoms. The van der Waals surface area contributed by atoms with E-state index < -0.39 is 0 Å². The van der Waals surface area contributed by atoms with E-state index in [1.54, 1.807) is 13.3 Å². The quantitative estimate of drug-likeness (QED) is 0.828. The van der Waals surface area contributed by atoms with E-state index >= 15 is 0 Å².